The van der Waals surface area contributed by atoms with Crippen LogP contribution in [0, 0.1) is 0 Å². The Labute approximate surface area is 102 Å². The summed E-state index contributed by atoms with van der Waals surface area (Å²) in [5, 5.41) is 1.38. The van der Waals surface area contributed by atoms with E-state index in [9.17, 15) is 0 Å². The average molecular weight is 246 g/mol. The van der Waals surface area contributed by atoms with Crippen molar-refractivity contribution in [1.29, 1.82) is 0 Å². The van der Waals surface area contributed by atoms with Gasteiger partial charge in [0, 0.05) is 20.3 Å². The van der Waals surface area contributed by atoms with Crippen molar-refractivity contribution in [3.8, 4) is 0 Å². The van der Waals surface area contributed by atoms with Gasteiger partial charge in [-0.2, -0.15) is 0 Å². The Hall–Kier alpha value is -1.22. The third-order valence-electron chi connectivity index (χ3n) is 1.81. The van der Waals surface area contributed by atoms with Gasteiger partial charge in [0.25, 0.3) is 0 Å². The lowest BCUT2D eigenvalue weighted by atomic mass is 10.9. The zero-order chi connectivity index (χ0) is 13.5. The minimum atomic E-state index is -0.396. The number of nitrogens with one attached hydrogen (secondary N) is 1. The van der Waals surface area contributed by atoms with Crippen molar-refractivity contribution in [1.82, 2.24) is 10.5 Å². The van der Waals surface area contributed by atoms with Gasteiger partial charge in [-0.1, -0.05) is 11.5 Å². The van der Waals surface area contributed by atoms with Gasteiger partial charge in [0.05, 0.1) is 14.6 Å². The second-order valence-corrected chi connectivity index (χ2v) is 3.37. The molecule has 0 rings (SSSR count). The molecular weight excluding hydrogens is 224 g/mol. The average Bonchev–Trinajstić information content (AvgIpc) is 2.29. The third-order valence-corrected chi connectivity index (χ3v) is 1.81. The van der Waals surface area contributed by atoms with E-state index in [0.717, 1.165) is 0 Å². The molecule has 0 saturated carbocycles. The fraction of sp³-hybridized carbons (Fsp3) is 0.400. The van der Waals surface area contributed by atoms with E-state index in [1.807, 2.05) is 0 Å². The molecule has 0 fully saturated rings. The fourth-order valence-corrected chi connectivity index (χ4v) is 0.961. The van der Waals surface area contributed by atoms with Crippen LogP contribution in [0.5, 0.6) is 0 Å². The molecule has 0 amide bonds. The van der Waals surface area contributed by atoms with Crippen LogP contribution < -0.4 is 5.48 Å². The molecule has 7 nitrogen and oxygen atoms in total. The Morgan fingerprint density at radius 3 is 2.00 bits per heavy atom. The normalized spacial score (nSPS) is 17.6. The number of hydrogen-bond donors (Lipinski definition) is 1. The monoisotopic (exact) mass is 246 g/mol. The van der Waals surface area contributed by atoms with E-state index in [0.29, 0.717) is 0 Å². The Balaban J connectivity index is 4.81. The number of nitrogens with zero attached hydrogens (tertiary/aromatic N) is 3. The predicted molar refractivity (Wildman–Crippen MR) is 63.0 cm³/mol. The quantitative estimate of drug-likeness (QED) is 0.485. The SMILES string of the molecule is C=CN(C)O[N+](C)(C=C)O[N+](C)(C=C)ONC. The number of hydrogen-bond acceptors (Lipinski definition) is 5. The maximum Gasteiger partial charge on any atom is 0.165 e. The molecule has 0 aromatic carbocycles. The summed E-state index contributed by atoms with van der Waals surface area (Å²) >= 11 is 0. The van der Waals surface area contributed by atoms with Crippen molar-refractivity contribution in [2.24, 2.45) is 0 Å². The van der Waals surface area contributed by atoms with E-state index in [4.69, 9.17) is 14.8 Å². The molecule has 0 saturated heterocycles. The second kappa shape index (κ2) is 6.50. The van der Waals surface area contributed by atoms with E-state index in [1.54, 1.807) is 28.2 Å². The van der Waals surface area contributed by atoms with Gasteiger partial charge in [0.1, 0.15) is 14.1 Å². The van der Waals surface area contributed by atoms with Crippen molar-refractivity contribution in [3.05, 3.63) is 38.3 Å². The molecule has 0 bridgehead atoms. The Kier molecular flexibility index (Phi) is 6.03. The minimum Gasteiger partial charge on any atom is -0.208 e. The highest BCUT2D eigenvalue weighted by atomic mass is 17.2. The largest absolute Gasteiger partial charge is 0.208 e. The lowest BCUT2D eigenvalue weighted by molar-refractivity contribution is -1.43. The van der Waals surface area contributed by atoms with Gasteiger partial charge >= 0.3 is 0 Å². The van der Waals surface area contributed by atoms with E-state index in [2.05, 4.69) is 25.2 Å². The van der Waals surface area contributed by atoms with Crippen LogP contribution in [-0.4, -0.2) is 42.9 Å². The molecule has 7 heteroatoms. The van der Waals surface area contributed by atoms with Gasteiger partial charge < -0.3 is 0 Å². The first kappa shape index (κ1) is 15.8. The Morgan fingerprint density at radius 1 is 1.12 bits per heavy atom. The van der Waals surface area contributed by atoms with E-state index in [-0.39, 0.29) is 4.81 Å². The van der Waals surface area contributed by atoms with E-state index < -0.39 is 4.81 Å². The fourth-order valence-electron chi connectivity index (χ4n) is 0.961. The van der Waals surface area contributed by atoms with Gasteiger partial charge in [-0.15, -0.1) is 5.48 Å². The third kappa shape index (κ3) is 5.09. The van der Waals surface area contributed by atoms with Crippen molar-refractivity contribution < 1.29 is 24.4 Å². The first-order chi connectivity index (χ1) is 7.84. The number of rotatable bonds is 9. The van der Waals surface area contributed by atoms with Crippen LogP contribution in [0.15, 0.2) is 38.3 Å². The molecule has 17 heavy (non-hydrogen) atoms. The molecule has 0 aromatic rings. The van der Waals surface area contributed by atoms with Crippen LogP contribution in [-0.2, 0) is 14.8 Å². The topological polar surface area (TPSA) is 43.0 Å². The highest BCUT2D eigenvalue weighted by molar-refractivity contribution is 4.55. The molecule has 0 aliphatic heterocycles. The summed E-state index contributed by atoms with van der Waals surface area (Å²) in [6, 6.07) is 0. The molecular formula is C10H22N4O3+2. The summed E-state index contributed by atoms with van der Waals surface area (Å²) in [5.74, 6) is 0. The summed E-state index contributed by atoms with van der Waals surface area (Å²) in [6.45, 7) is 10.8. The van der Waals surface area contributed by atoms with E-state index in [1.165, 1.54) is 23.7 Å². The van der Waals surface area contributed by atoms with Crippen LogP contribution in [0.3, 0.4) is 0 Å². The molecule has 1 N–H and O–H groups in total. The summed E-state index contributed by atoms with van der Waals surface area (Å²) in [5.41, 5.74) is 2.52. The number of hydroxylamine groups is 11. The van der Waals surface area contributed by atoms with Crippen molar-refractivity contribution in [2.75, 3.05) is 28.2 Å². The molecule has 2 unspecified atom stereocenters. The molecule has 2 atom stereocenters. The van der Waals surface area contributed by atoms with Crippen LogP contribution >= 0.6 is 0 Å². The predicted octanol–water partition coefficient (Wildman–Crippen LogP) is 1.00. The molecule has 0 heterocycles. The van der Waals surface area contributed by atoms with Crippen molar-refractivity contribution >= 4 is 0 Å². The van der Waals surface area contributed by atoms with Crippen LogP contribution in [0.4, 0.5) is 0 Å². The van der Waals surface area contributed by atoms with Crippen molar-refractivity contribution in [3.63, 3.8) is 0 Å². The zero-order valence-corrected chi connectivity index (χ0v) is 10.9. The molecule has 0 radical (unpaired) electrons. The highest BCUT2D eigenvalue weighted by Crippen LogP contribution is 2.16. The van der Waals surface area contributed by atoms with Crippen LogP contribution in [0.25, 0.3) is 0 Å². The van der Waals surface area contributed by atoms with Gasteiger partial charge in [-0.25, -0.2) is 5.06 Å². The highest BCUT2D eigenvalue weighted by Gasteiger charge is 2.40. The summed E-state index contributed by atoms with van der Waals surface area (Å²) in [7, 11) is 6.54. The Bertz CT molecular complexity index is 287. The summed E-state index contributed by atoms with van der Waals surface area (Å²) in [6.07, 6.45) is 4.37. The van der Waals surface area contributed by atoms with Crippen molar-refractivity contribution in [2.45, 2.75) is 0 Å². The molecule has 0 aromatic heterocycles. The summed E-state index contributed by atoms with van der Waals surface area (Å²) in [4.78, 5) is 15.4. The lowest BCUT2D eigenvalue weighted by Gasteiger charge is -2.29. The minimum absolute atomic E-state index is 0.385. The molecule has 98 valence electrons. The van der Waals surface area contributed by atoms with Gasteiger partial charge in [-0.3, -0.25) is 0 Å². The first-order valence-corrected chi connectivity index (χ1v) is 4.96. The maximum absolute atomic E-state index is 5.58. The van der Waals surface area contributed by atoms with Gasteiger partial charge in [0.2, 0.25) is 0 Å². The van der Waals surface area contributed by atoms with E-state index >= 15 is 0 Å². The first-order valence-electron chi connectivity index (χ1n) is 4.96. The van der Waals surface area contributed by atoms with Crippen LogP contribution in [0.2, 0.25) is 0 Å². The standard InChI is InChI=1S/C10H22N4O3/c1-8-12(5)16-14(7,10-3)17-13(6,9-2)15-11-4/h8-11H,1-3H2,4-7H3/q+2. The van der Waals surface area contributed by atoms with Crippen LogP contribution in [0.1, 0.15) is 0 Å². The number of quaternary nitrogens is 2. The summed E-state index contributed by atoms with van der Waals surface area (Å²) < 4.78 is 0. The second-order valence-electron chi connectivity index (χ2n) is 3.37. The zero-order valence-electron chi connectivity index (χ0n) is 10.9. The molecule has 0 spiro atoms. The maximum atomic E-state index is 5.58. The molecule has 0 aliphatic rings. The molecule has 0 aliphatic carbocycles. The Morgan fingerprint density at radius 2 is 1.65 bits per heavy atom. The smallest absolute Gasteiger partial charge is 0.165 e. The lowest BCUT2D eigenvalue weighted by Crippen LogP contribution is -2.54. The van der Waals surface area contributed by atoms with Gasteiger partial charge in [0.15, 0.2) is 12.4 Å². The van der Waals surface area contributed by atoms with Gasteiger partial charge in [-0.05, 0) is 18.1 Å².